The van der Waals surface area contributed by atoms with Crippen molar-refractivity contribution in [2.24, 2.45) is 40.9 Å². The topological polar surface area (TPSA) is 381 Å². The summed E-state index contributed by atoms with van der Waals surface area (Å²) in [5.74, 6) is -8.90. The maximum absolute atomic E-state index is 15.0. The van der Waals surface area contributed by atoms with Gasteiger partial charge >= 0.3 is 0 Å². The summed E-state index contributed by atoms with van der Waals surface area (Å²) in [7, 11) is 0. The van der Waals surface area contributed by atoms with Gasteiger partial charge in [-0.1, -0.05) is 116 Å². The minimum atomic E-state index is -1.27. The number of nitrogens with two attached hydrogens (primary N) is 3. The number of amides is 11. The summed E-state index contributed by atoms with van der Waals surface area (Å²) in [5.41, 5.74) is 19.2. The number of hydrogen-bond acceptors (Lipinski definition) is 14. The van der Waals surface area contributed by atoms with Gasteiger partial charge in [-0.15, -0.1) is 0 Å². The lowest BCUT2D eigenvalue weighted by molar-refractivity contribution is -0.143. The summed E-state index contributed by atoms with van der Waals surface area (Å²) in [6, 6.07) is 4.55. The van der Waals surface area contributed by atoms with Crippen molar-refractivity contribution in [1.82, 2.24) is 57.7 Å². The number of rotatable bonds is 19. The van der Waals surface area contributed by atoms with E-state index in [4.69, 9.17) is 17.2 Å². The van der Waals surface area contributed by atoms with Gasteiger partial charge in [-0.2, -0.15) is 0 Å². The van der Waals surface area contributed by atoms with Crippen molar-refractivity contribution in [1.29, 1.82) is 0 Å². The molecule has 3 aliphatic rings. The molecule has 3 aliphatic heterocycles. The molecular weight excluding hydrogens is 1150 g/mol. The van der Waals surface area contributed by atoms with Crippen LogP contribution in [0.15, 0.2) is 60.7 Å². The zero-order valence-electron chi connectivity index (χ0n) is 54.0. The molecule has 0 unspecified atom stereocenters. The highest BCUT2D eigenvalue weighted by Crippen LogP contribution is 2.24. The number of benzene rings is 2. The molecule has 25 nitrogen and oxygen atoms in total. The monoisotopic (exact) mass is 1250 g/mol. The summed E-state index contributed by atoms with van der Waals surface area (Å²) in [4.78, 5) is 164. The number of hydrogen-bond donors (Lipinski definition) is 12. The zero-order chi connectivity index (χ0) is 66.2. The first-order valence-electron chi connectivity index (χ1n) is 32.4. The van der Waals surface area contributed by atoms with Crippen LogP contribution in [0.25, 0.3) is 0 Å². The Morgan fingerprint density at radius 1 is 0.378 bits per heavy atom. The van der Waals surface area contributed by atoms with Gasteiger partial charge in [-0.05, 0) is 131 Å². The molecule has 0 saturated carbocycles. The molecule has 2 aromatic carbocycles. The molecule has 0 aromatic heterocycles. The first kappa shape index (κ1) is 73.2. The smallest absolute Gasteiger partial charge is 0.246 e. The summed E-state index contributed by atoms with van der Waals surface area (Å²) in [5, 5.41) is 25.6. The van der Waals surface area contributed by atoms with E-state index in [1.165, 1.54) is 9.80 Å². The van der Waals surface area contributed by atoms with Crippen molar-refractivity contribution in [3.8, 4) is 0 Å². The van der Waals surface area contributed by atoms with Crippen LogP contribution >= 0.6 is 0 Å². The van der Waals surface area contributed by atoms with Crippen LogP contribution in [0.4, 0.5) is 0 Å². The van der Waals surface area contributed by atoms with Crippen molar-refractivity contribution in [2.45, 2.75) is 212 Å². The SMILES string of the molecule is CC(C)C[C@@H]1NC(=O)[C@H](CCCN)NC(=O)[C@H](C(C)C)NC(=O)[C@@H]2CCCN2C(=O)[C@@H](Cc2ccccc2)NC(=O)[C@H](CC(C)C)NC(=O)[C@H](CCCN)NC(=O)[C@H](C(C)C)NC(=O)[C@@H]2CCCN2C(=O)[C@@H](Cc2ccccc2)NC(=O)[C@H](CCCN)NC1=O. The number of carbonyl (C=O) groups is 11. The van der Waals surface area contributed by atoms with Gasteiger partial charge in [0.1, 0.15) is 66.5 Å². The Labute approximate surface area is 530 Å². The minimum Gasteiger partial charge on any atom is -0.343 e. The summed E-state index contributed by atoms with van der Waals surface area (Å²) in [6.45, 7) is 15.0. The van der Waals surface area contributed by atoms with Crippen LogP contribution in [0.2, 0.25) is 0 Å². The summed E-state index contributed by atoms with van der Waals surface area (Å²) in [6.07, 6.45) is 2.44. The third-order valence-electron chi connectivity index (χ3n) is 16.6. The second-order valence-corrected chi connectivity index (χ2v) is 25.7. The van der Waals surface area contributed by atoms with Crippen LogP contribution in [0.1, 0.15) is 144 Å². The van der Waals surface area contributed by atoms with Gasteiger partial charge in [0.2, 0.25) is 65.0 Å². The summed E-state index contributed by atoms with van der Waals surface area (Å²) < 4.78 is 0. The molecule has 0 spiro atoms. The van der Waals surface area contributed by atoms with Crippen LogP contribution in [0.5, 0.6) is 0 Å². The van der Waals surface area contributed by atoms with E-state index in [9.17, 15) is 52.7 Å². The van der Waals surface area contributed by atoms with Crippen LogP contribution in [-0.2, 0) is 65.6 Å². The molecule has 0 bridgehead atoms. The highest BCUT2D eigenvalue weighted by atomic mass is 16.2. The molecule has 3 saturated heterocycles. The third kappa shape index (κ3) is 21.9. The van der Waals surface area contributed by atoms with Crippen molar-refractivity contribution in [3.63, 3.8) is 0 Å². The second-order valence-electron chi connectivity index (χ2n) is 25.7. The first-order valence-corrected chi connectivity index (χ1v) is 32.4. The number of nitrogens with zero attached hydrogens (tertiary/aromatic N) is 2. The molecule has 11 amide bonds. The molecule has 25 heteroatoms. The number of carbonyl (C=O) groups excluding carboxylic acids is 11. The summed E-state index contributed by atoms with van der Waals surface area (Å²) >= 11 is 0. The Morgan fingerprint density at radius 3 is 0.967 bits per heavy atom. The maximum atomic E-state index is 15.0. The van der Waals surface area contributed by atoms with E-state index in [1.54, 1.807) is 88.4 Å². The average molecular weight is 1260 g/mol. The molecule has 90 heavy (non-hydrogen) atoms. The van der Waals surface area contributed by atoms with Gasteiger partial charge in [-0.25, -0.2) is 0 Å². The Morgan fingerprint density at radius 2 is 0.667 bits per heavy atom. The van der Waals surface area contributed by atoms with Crippen molar-refractivity contribution in [2.75, 3.05) is 32.7 Å². The van der Waals surface area contributed by atoms with Crippen LogP contribution in [0, 0.1) is 23.7 Å². The maximum Gasteiger partial charge on any atom is 0.246 e. The van der Waals surface area contributed by atoms with Crippen LogP contribution in [0.3, 0.4) is 0 Å². The Bertz CT molecular complexity index is 2730. The molecule has 0 radical (unpaired) electrons. The molecule has 3 fully saturated rings. The number of nitrogens with one attached hydrogen (secondary N) is 9. The number of fused-ring (bicyclic) bond motifs is 2. The molecule has 0 aliphatic carbocycles. The quantitative estimate of drug-likeness (QED) is 0.0910. The predicted molar refractivity (Wildman–Crippen MR) is 341 cm³/mol. The molecule has 15 N–H and O–H groups in total. The van der Waals surface area contributed by atoms with Gasteiger partial charge in [0, 0.05) is 25.9 Å². The Hall–Kier alpha value is -7.51. The van der Waals surface area contributed by atoms with E-state index < -0.39 is 143 Å². The standard InChI is InChI=1S/C65H102N14O11/c1-38(2)34-47-58(83)69-44(24-15-29-66)57(82)74-49(36-42-20-11-9-12-21-42)64(89)78-32-18-27-51(78)60(85)76-54(41(7)8)63(88)71-46(26-17-31-68)56(81)73-48(35-39(3)4)59(84)75-50(37-43-22-13-10-14-23-43)65(90)79-33-19-28-52(79)61(86)77-53(40(5)6)62(87)70-45(25-16-30-67)55(80)72-47/h9-14,20-23,38-41,44-54H,15-19,24-37,66-68H2,1-8H3,(H,69,83)(H,70,87)(H,71,88)(H,72,80)(H,73,81)(H,74,82)(H,75,84)(H,76,85)(H,77,86)/t44-,45-,46-,47-,48-,49+,50+,51-,52-,53-,54-/m0/s1. The lowest BCUT2D eigenvalue weighted by Crippen LogP contribution is -2.61. The normalized spacial score (nSPS) is 26.4. The van der Waals surface area contributed by atoms with Crippen LogP contribution in [-0.4, -0.2) is 174 Å². The fourth-order valence-electron chi connectivity index (χ4n) is 11.7. The zero-order valence-corrected chi connectivity index (χ0v) is 54.0. The van der Waals surface area contributed by atoms with Gasteiger partial charge in [0.15, 0.2) is 0 Å². The molecule has 11 atom stereocenters. The highest BCUT2D eigenvalue weighted by Gasteiger charge is 2.43. The molecule has 498 valence electrons. The molecule has 5 rings (SSSR count). The van der Waals surface area contributed by atoms with Crippen molar-refractivity contribution >= 4 is 65.0 Å². The van der Waals surface area contributed by atoms with Crippen molar-refractivity contribution < 1.29 is 52.7 Å². The Balaban J connectivity index is 1.60. The fourth-order valence-corrected chi connectivity index (χ4v) is 11.7. The lowest BCUT2D eigenvalue weighted by atomic mass is 9.99. The highest BCUT2D eigenvalue weighted by molar-refractivity contribution is 6.00. The molecule has 2 aromatic rings. The van der Waals surface area contributed by atoms with E-state index in [-0.39, 0.29) is 122 Å². The van der Waals surface area contributed by atoms with E-state index >= 15 is 0 Å². The third-order valence-corrected chi connectivity index (χ3v) is 16.6. The molecule has 3 heterocycles. The van der Waals surface area contributed by atoms with E-state index in [1.807, 2.05) is 27.7 Å². The van der Waals surface area contributed by atoms with Crippen LogP contribution < -0.4 is 65.1 Å². The molecular formula is C65H102N14O11. The van der Waals surface area contributed by atoms with E-state index in [0.717, 1.165) is 0 Å². The largest absolute Gasteiger partial charge is 0.343 e. The van der Waals surface area contributed by atoms with Gasteiger partial charge in [0.05, 0.1) is 0 Å². The van der Waals surface area contributed by atoms with Gasteiger partial charge < -0.3 is 74.9 Å². The fraction of sp³-hybridized carbons (Fsp3) is 0.646. The average Bonchev–Trinajstić information content (AvgIpc) is 1.65. The minimum absolute atomic E-state index is 0.00395. The Kier molecular flexibility index (Phi) is 29.6. The lowest BCUT2D eigenvalue weighted by Gasteiger charge is -2.32. The predicted octanol–water partition coefficient (Wildman–Crippen LogP) is 0.451. The second kappa shape index (κ2) is 36.4. The van der Waals surface area contributed by atoms with E-state index in [2.05, 4.69) is 47.9 Å². The first-order chi connectivity index (χ1) is 42.9. The van der Waals surface area contributed by atoms with Gasteiger partial charge in [0.25, 0.3) is 0 Å². The van der Waals surface area contributed by atoms with Gasteiger partial charge in [-0.3, -0.25) is 52.7 Å². The van der Waals surface area contributed by atoms with E-state index in [0.29, 0.717) is 24.0 Å². The van der Waals surface area contributed by atoms with Crippen molar-refractivity contribution in [3.05, 3.63) is 71.8 Å².